The van der Waals surface area contributed by atoms with Gasteiger partial charge in [-0.2, -0.15) is 5.10 Å². The van der Waals surface area contributed by atoms with Crippen LogP contribution in [0.15, 0.2) is 53.6 Å². The molecule has 35 heavy (non-hydrogen) atoms. The first-order valence-electron chi connectivity index (χ1n) is 13.2. The predicted octanol–water partition coefficient (Wildman–Crippen LogP) is 5.80. The molecule has 7 heteroatoms. The van der Waals surface area contributed by atoms with E-state index in [4.69, 9.17) is 4.74 Å². The molecule has 0 unspecified atom stereocenters. The van der Waals surface area contributed by atoms with E-state index in [0.717, 1.165) is 68.5 Å². The maximum absolute atomic E-state index is 14.0. The number of hydrogen-bond acceptors (Lipinski definition) is 4. The Hall–Kier alpha value is -2.38. The van der Waals surface area contributed by atoms with Crippen LogP contribution in [0, 0.1) is 11.8 Å². The van der Waals surface area contributed by atoms with Gasteiger partial charge in [-0.25, -0.2) is 8.42 Å². The van der Waals surface area contributed by atoms with Crippen molar-refractivity contribution in [3.63, 3.8) is 0 Å². The van der Waals surface area contributed by atoms with Gasteiger partial charge in [0.15, 0.2) is 0 Å². The molecule has 1 aromatic heterocycles. The third-order valence-electron chi connectivity index (χ3n) is 7.75. The van der Waals surface area contributed by atoms with Crippen molar-refractivity contribution in [3.8, 4) is 0 Å². The highest BCUT2D eigenvalue weighted by Gasteiger charge is 2.29. The molecule has 5 rings (SSSR count). The van der Waals surface area contributed by atoms with Gasteiger partial charge >= 0.3 is 0 Å². The van der Waals surface area contributed by atoms with Crippen LogP contribution in [0.5, 0.6) is 0 Å². The van der Waals surface area contributed by atoms with Gasteiger partial charge in [0, 0.05) is 31.7 Å². The van der Waals surface area contributed by atoms with Crippen LogP contribution in [-0.4, -0.2) is 38.0 Å². The molecule has 188 valence electrons. The second-order valence-corrected chi connectivity index (χ2v) is 12.0. The van der Waals surface area contributed by atoms with Gasteiger partial charge in [0.05, 0.1) is 22.3 Å². The number of rotatable bonds is 8. The van der Waals surface area contributed by atoms with E-state index in [9.17, 15) is 8.42 Å². The average Bonchev–Trinajstić information content (AvgIpc) is 3.30. The first-order chi connectivity index (χ1) is 17.0. The first-order valence-corrected chi connectivity index (χ1v) is 14.6. The summed E-state index contributed by atoms with van der Waals surface area (Å²) in [5, 5.41) is 5.47. The summed E-state index contributed by atoms with van der Waals surface area (Å²) in [6, 6.07) is 13.5. The minimum Gasteiger partial charge on any atom is -0.381 e. The first kappa shape index (κ1) is 24.3. The number of sulfonamides is 1. The highest BCUT2D eigenvalue weighted by Crippen LogP contribution is 2.32. The molecule has 3 aromatic rings. The lowest BCUT2D eigenvalue weighted by atomic mass is 9.89. The fourth-order valence-electron chi connectivity index (χ4n) is 5.52. The molecule has 2 heterocycles. The summed E-state index contributed by atoms with van der Waals surface area (Å²) < 4.78 is 37.2. The number of fused-ring (bicyclic) bond motifs is 1. The highest BCUT2D eigenvalue weighted by atomic mass is 32.2. The van der Waals surface area contributed by atoms with Crippen molar-refractivity contribution < 1.29 is 13.2 Å². The molecule has 0 N–H and O–H groups in total. The zero-order chi connectivity index (χ0) is 24.3. The van der Waals surface area contributed by atoms with Gasteiger partial charge < -0.3 is 4.74 Å². The SMILES string of the molecule is CCc1ccc(N(CC2CCCCC2)S(=O)(=O)c2ccc3c(cnn3CC3CCOCC3)c2)cc1. The van der Waals surface area contributed by atoms with Gasteiger partial charge in [0.2, 0.25) is 0 Å². The molecule has 1 saturated carbocycles. The summed E-state index contributed by atoms with van der Waals surface area (Å²) in [7, 11) is -3.70. The molecule has 6 nitrogen and oxygen atoms in total. The Morgan fingerprint density at radius 2 is 1.71 bits per heavy atom. The zero-order valence-corrected chi connectivity index (χ0v) is 21.5. The highest BCUT2D eigenvalue weighted by molar-refractivity contribution is 7.92. The van der Waals surface area contributed by atoms with Gasteiger partial charge in [0.1, 0.15) is 0 Å². The van der Waals surface area contributed by atoms with E-state index in [2.05, 4.69) is 12.0 Å². The van der Waals surface area contributed by atoms with Crippen LogP contribution >= 0.6 is 0 Å². The Morgan fingerprint density at radius 1 is 0.971 bits per heavy atom. The van der Waals surface area contributed by atoms with E-state index >= 15 is 0 Å². The molecule has 1 aliphatic heterocycles. The molecular weight excluding hydrogens is 458 g/mol. The molecule has 1 saturated heterocycles. The Bertz CT molecular complexity index is 1220. The molecule has 2 aromatic carbocycles. The Balaban J connectivity index is 1.44. The van der Waals surface area contributed by atoms with E-state index < -0.39 is 10.0 Å². The van der Waals surface area contributed by atoms with Crippen LogP contribution in [0.1, 0.15) is 57.4 Å². The van der Waals surface area contributed by atoms with Crippen LogP contribution in [0.4, 0.5) is 5.69 Å². The normalized spacial score (nSPS) is 18.2. The average molecular weight is 496 g/mol. The summed E-state index contributed by atoms with van der Waals surface area (Å²) in [4.78, 5) is 0.339. The number of anilines is 1. The third-order valence-corrected chi connectivity index (χ3v) is 9.54. The molecule has 0 amide bonds. The molecule has 2 aliphatic rings. The van der Waals surface area contributed by atoms with E-state index in [0.29, 0.717) is 23.3 Å². The number of nitrogens with zero attached hydrogens (tertiary/aromatic N) is 3. The van der Waals surface area contributed by atoms with Gasteiger partial charge in [0.25, 0.3) is 10.0 Å². The second kappa shape index (κ2) is 10.7. The quantitative estimate of drug-likeness (QED) is 0.396. The molecule has 0 spiro atoms. The van der Waals surface area contributed by atoms with Crippen LogP contribution in [0.3, 0.4) is 0 Å². The zero-order valence-electron chi connectivity index (χ0n) is 20.7. The van der Waals surface area contributed by atoms with Crippen LogP contribution < -0.4 is 4.31 Å². The Kier molecular flexibility index (Phi) is 7.44. The van der Waals surface area contributed by atoms with Crippen molar-refractivity contribution in [2.45, 2.75) is 69.7 Å². The summed E-state index contributed by atoms with van der Waals surface area (Å²) in [5.41, 5.74) is 2.95. The molecule has 0 bridgehead atoms. The predicted molar refractivity (Wildman–Crippen MR) is 140 cm³/mol. The Morgan fingerprint density at radius 3 is 2.43 bits per heavy atom. The van der Waals surface area contributed by atoms with E-state index in [1.54, 1.807) is 22.6 Å². The summed E-state index contributed by atoms with van der Waals surface area (Å²) in [6.07, 6.45) is 10.6. The summed E-state index contributed by atoms with van der Waals surface area (Å²) in [5.74, 6) is 0.947. The van der Waals surface area contributed by atoms with Crippen molar-refractivity contribution in [2.24, 2.45) is 11.8 Å². The topological polar surface area (TPSA) is 64.4 Å². The minimum absolute atomic E-state index is 0.339. The third kappa shape index (κ3) is 5.41. The largest absolute Gasteiger partial charge is 0.381 e. The van der Waals surface area contributed by atoms with Gasteiger partial charge in [-0.3, -0.25) is 8.99 Å². The fourth-order valence-corrected chi connectivity index (χ4v) is 7.09. The van der Waals surface area contributed by atoms with Crippen LogP contribution in [0.2, 0.25) is 0 Å². The summed E-state index contributed by atoms with van der Waals surface area (Å²) in [6.45, 7) is 5.11. The van der Waals surface area contributed by atoms with Gasteiger partial charge in [-0.05, 0) is 79.8 Å². The van der Waals surface area contributed by atoms with E-state index in [1.807, 2.05) is 35.0 Å². The smallest absolute Gasteiger partial charge is 0.264 e. The van der Waals surface area contributed by atoms with Crippen molar-refractivity contribution in [2.75, 3.05) is 24.1 Å². The number of aryl methyl sites for hydroxylation is 1. The number of benzene rings is 2. The van der Waals surface area contributed by atoms with Crippen molar-refractivity contribution in [3.05, 3.63) is 54.2 Å². The van der Waals surface area contributed by atoms with Gasteiger partial charge in [-0.15, -0.1) is 0 Å². The Labute approximate surface area is 209 Å². The maximum Gasteiger partial charge on any atom is 0.264 e. The lowest BCUT2D eigenvalue weighted by Gasteiger charge is -2.31. The number of aromatic nitrogens is 2. The lowest BCUT2D eigenvalue weighted by Crippen LogP contribution is -2.36. The van der Waals surface area contributed by atoms with Gasteiger partial charge in [-0.1, -0.05) is 38.3 Å². The van der Waals surface area contributed by atoms with Crippen molar-refractivity contribution in [1.82, 2.24) is 9.78 Å². The fraction of sp³-hybridized carbons (Fsp3) is 0.536. The van der Waals surface area contributed by atoms with E-state index in [1.165, 1.54) is 24.8 Å². The van der Waals surface area contributed by atoms with Crippen molar-refractivity contribution in [1.29, 1.82) is 0 Å². The molecule has 2 fully saturated rings. The lowest BCUT2D eigenvalue weighted by molar-refractivity contribution is 0.0605. The van der Waals surface area contributed by atoms with Crippen LogP contribution in [0.25, 0.3) is 10.9 Å². The number of hydrogen-bond donors (Lipinski definition) is 0. The second-order valence-electron chi connectivity index (χ2n) is 10.2. The summed E-state index contributed by atoms with van der Waals surface area (Å²) >= 11 is 0. The molecule has 0 radical (unpaired) electrons. The van der Waals surface area contributed by atoms with Crippen molar-refractivity contribution >= 4 is 26.6 Å². The monoisotopic (exact) mass is 495 g/mol. The molecule has 0 atom stereocenters. The number of ether oxygens (including phenoxy) is 1. The molecule has 1 aliphatic carbocycles. The maximum atomic E-state index is 14.0. The molecular formula is C28H37N3O3S. The van der Waals surface area contributed by atoms with E-state index in [-0.39, 0.29) is 0 Å². The minimum atomic E-state index is -3.70. The van der Waals surface area contributed by atoms with Crippen LogP contribution in [-0.2, 0) is 27.7 Å². The standard InChI is InChI=1S/C28H37N3O3S/c1-2-22-8-10-26(11-9-22)31(21-23-6-4-3-5-7-23)35(32,33)27-12-13-28-25(18-27)19-29-30(28)20-24-14-16-34-17-15-24/h8-13,18-19,23-24H,2-7,14-17,20-21H2,1H3.